The van der Waals surface area contributed by atoms with E-state index in [-0.39, 0.29) is 5.41 Å². The Morgan fingerprint density at radius 3 is 2.08 bits per heavy atom. The molecule has 0 N–H and O–H groups in total. The summed E-state index contributed by atoms with van der Waals surface area (Å²) < 4.78 is 0. The summed E-state index contributed by atoms with van der Waals surface area (Å²) in [5.41, 5.74) is 5.57. The Labute approximate surface area is 84.3 Å². The van der Waals surface area contributed by atoms with Gasteiger partial charge in [0, 0.05) is 0 Å². The number of hydrogen-bond donors (Lipinski definition) is 0. The van der Waals surface area contributed by atoms with Crippen molar-refractivity contribution in [1.29, 1.82) is 0 Å². The van der Waals surface area contributed by atoms with E-state index in [0.717, 1.165) is 0 Å². The molecule has 0 atom stereocenters. The molecule has 0 nitrogen and oxygen atoms in total. The summed E-state index contributed by atoms with van der Waals surface area (Å²) in [5, 5.41) is 0. The molecule has 0 amide bonds. The minimum absolute atomic E-state index is 0.252. The van der Waals surface area contributed by atoms with Crippen molar-refractivity contribution in [2.75, 3.05) is 0 Å². The highest BCUT2D eigenvalue weighted by molar-refractivity contribution is 7.17. The average molecular weight is 194 g/mol. The molecule has 0 rings (SSSR count). The van der Waals surface area contributed by atoms with Crippen LogP contribution in [0, 0.1) is 5.41 Å². The van der Waals surface area contributed by atoms with E-state index in [0.29, 0.717) is 0 Å². The normalized spacial score (nSPS) is 13.9. The molecular formula is C12H19P. The number of rotatable bonds is 2. The predicted molar refractivity (Wildman–Crippen MR) is 64.9 cm³/mol. The van der Waals surface area contributed by atoms with E-state index in [9.17, 15) is 0 Å². The highest BCUT2D eigenvalue weighted by atomic mass is 31.0. The zero-order valence-electron chi connectivity index (χ0n) is 9.23. The molecule has 0 fully saturated rings. The van der Waals surface area contributed by atoms with Gasteiger partial charge in [0.05, 0.1) is 0 Å². The van der Waals surface area contributed by atoms with Gasteiger partial charge in [-0.3, -0.25) is 0 Å². The molecule has 0 aromatic heterocycles. The molecule has 0 aliphatic carbocycles. The summed E-state index contributed by atoms with van der Waals surface area (Å²) in [6.45, 7) is 10.8. The third-order valence-corrected chi connectivity index (χ3v) is 1.56. The van der Waals surface area contributed by atoms with Crippen LogP contribution < -0.4 is 0 Å². The van der Waals surface area contributed by atoms with Crippen LogP contribution in [0.25, 0.3) is 0 Å². The van der Waals surface area contributed by atoms with Crippen molar-refractivity contribution in [2.45, 2.75) is 34.6 Å². The van der Waals surface area contributed by atoms with Crippen molar-refractivity contribution < 1.29 is 0 Å². The second kappa shape index (κ2) is 5.22. The van der Waals surface area contributed by atoms with E-state index in [4.69, 9.17) is 0 Å². The summed E-state index contributed by atoms with van der Waals surface area (Å²) in [6.07, 6.45) is 6.33. The molecule has 0 aliphatic rings. The standard InChI is InChI=1S/C12H19P/c1-10(6-7-13)8-11(2)9-12(3,4)5/h6,8-9,13H,1-5H3/b10-8+,11-9+. The van der Waals surface area contributed by atoms with Crippen LogP contribution in [0.3, 0.4) is 0 Å². The van der Waals surface area contributed by atoms with E-state index < -0.39 is 0 Å². The molecule has 0 radical (unpaired) electrons. The fraction of sp³-hybridized carbons (Fsp3) is 0.500. The van der Waals surface area contributed by atoms with Gasteiger partial charge < -0.3 is 0 Å². The van der Waals surface area contributed by atoms with Crippen LogP contribution >= 0.6 is 8.86 Å². The summed E-state index contributed by atoms with van der Waals surface area (Å²) in [4.78, 5) is 0. The maximum absolute atomic E-state index is 3.18. The molecule has 0 saturated heterocycles. The number of allylic oxidation sites excluding steroid dienone is 5. The largest absolute Gasteiger partial charge is 0.0970 e. The molecule has 0 heterocycles. The van der Waals surface area contributed by atoms with E-state index in [1.54, 1.807) is 0 Å². The molecule has 0 saturated carbocycles. The van der Waals surface area contributed by atoms with Crippen LogP contribution in [0.1, 0.15) is 34.6 Å². The van der Waals surface area contributed by atoms with Gasteiger partial charge >= 0.3 is 0 Å². The lowest BCUT2D eigenvalue weighted by atomic mass is 9.93. The molecule has 13 heavy (non-hydrogen) atoms. The van der Waals surface area contributed by atoms with Crippen LogP contribution in [0.5, 0.6) is 0 Å². The van der Waals surface area contributed by atoms with Crippen molar-refractivity contribution in [3.05, 3.63) is 29.4 Å². The fourth-order valence-corrected chi connectivity index (χ4v) is 1.47. The van der Waals surface area contributed by atoms with Gasteiger partial charge in [-0.2, -0.15) is 0 Å². The van der Waals surface area contributed by atoms with Gasteiger partial charge in [-0.15, -0.1) is 0 Å². The Hall–Kier alpha value is -0.570. The fourth-order valence-electron chi connectivity index (χ4n) is 1.24. The Morgan fingerprint density at radius 1 is 1.15 bits per heavy atom. The molecular weight excluding hydrogens is 175 g/mol. The first-order chi connectivity index (χ1) is 5.85. The van der Waals surface area contributed by atoms with Gasteiger partial charge in [-0.25, -0.2) is 0 Å². The third kappa shape index (κ3) is 7.78. The maximum Gasteiger partial charge on any atom is -0.0128 e. The lowest BCUT2D eigenvalue weighted by Crippen LogP contribution is -1.99. The minimum atomic E-state index is 0.252. The zero-order chi connectivity index (χ0) is 10.5. The van der Waals surface area contributed by atoms with Crippen LogP contribution in [-0.4, -0.2) is 5.45 Å². The average Bonchev–Trinajstić information content (AvgIpc) is 1.81. The van der Waals surface area contributed by atoms with Gasteiger partial charge in [0.1, 0.15) is 0 Å². The quantitative estimate of drug-likeness (QED) is 0.460. The topological polar surface area (TPSA) is 0 Å². The van der Waals surface area contributed by atoms with Crippen molar-refractivity contribution in [3.8, 4) is 0 Å². The van der Waals surface area contributed by atoms with Gasteiger partial charge in [0.15, 0.2) is 0 Å². The van der Waals surface area contributed by atoms with Gasteiger partial charge in [-0.1, -0.05) is 52.8 Å². The van der Waals surface area contributed by atoms with Crippen LogP contribution in [0.2, 0.25) is 0 Å². The van der Waals surface area contributed by atoms with Gasteiger partial charge in [-0.05, 0) is 30.9 Å². The lowest BCUT2D eigenvalue weighted by molar-refractivity contribution is 0.541. The highest BCUT2D eigenvalue weighted by Crippen LogP contribution is 2.18. The molecule has 72 valence electrons. The highest BCUT2D eigenvalue weighted by Gasteiger charge is 2.04. The third-order valence-electron chi connectivity index (χ3n) is 1.42. The second-order valence-corrected chi connectivity index (χ2v) is 4.72. The van der Waals surface area contributed by atoms with Crippen LogP contribution in [0.4, 0.5) is 0 Å². The molecule has 0 unspecified atom stereocenters. The SMILES string of the molecule is C/C(C=C=P)=C\C(C)=C\C(C)(C)C. The monoisotopic (exact) mass is 194 g/mol. The van der Waals surface area contributed by atoms with E-state index in [1.807, 2.05) is 6.08 Å². The van der Waals surface area contributed by atoms with Crippen molar-refractivity contribution in [1.82, 2.24) is 0 Å². The van der Waals surface area contributed by atoms with E-state index >= 15 is 0 Å². The molecule has 1 heteroatoms. The Morgan fingerprint density at radius 2 is 1.69 bits per heavy atom. The Balaban J connectivity index is 4.63. The summed E-state index contributed by atoms with van der Waals surface area (Å²) in [5.74, 6) is 0. The van der Waals surface area contributed by atoms with E-state index in [1.165, 1.54) is 11.1 Å². The smallest absolute Gasteiger partial charge is 0.0128 e. The first-order valence-electron chi connectivity index (χ1n) is 4.48. The first kappa shape index (κ1) is 12.4. The summed E-state index contributed by atoms with van der Waals surface area (Å²) >= 11 is 0. The summed E-state index contributed by atoms with van der Waals surface area (Å²) in [7, 11) is 3.18. The van der Waals surface area contributed by atoms with Crippen molar-refractivity contribution in [2.24, 2.45) is 5.41 Å². The van der Waals surface area contributed by atoms with Gasteiger partial charge in [0.2, 0.25) is 0 Å². The van der Waals surface area contributed by atoms with Crippen LogP contribution in [0.15, 0.2) is 29.4 Å². The Bertz CT molecular complexity index is 268. The predicted octanol–water partition coefficient (Wildman–Crippen LogP) is 4.03. The molecule has 0 bridgehead atoms. The van der Waals surface area contributed by atoms with Crippen LogP contribution in [-0.2, 0) is 0 Å². The minimum Gasteiger partial charge on any atom is -0.0970 e. The van der Waals surface area contributed by atoms with Crippen molar-refractivity contribution in [3.63, 3.8) is 0 Å². The van der Waals surface area contributed by atoms with E-state index in [2.05, 4.69) is 61.1 Å². The summed E-state index contributed by atoms with van der Waals surface area (Å²) in [6, 6.07) is 0. The zero-order valence-corrected chi connectivity index (χ0v) is 10.2. The maximum atomic E-state index is 3.18. The molecule has 0 aromatic carbocycles. The Kier molecular flexibility index (Phi) is 4.99. The van der Waals surface area contributed by atoms with Crippen molar-refractivity contribution >= 4 is 14.3 Å². The first-order valence-corrected chi connectivity index (χ1v) is 4.98. The van der Waals surface area contributed by atoms with Gasteiger partial charge in [0.25, 0.3) is 0 Å². The second-order valence-electron chi connectivity index (χ2n) is 4.43. The lowest BCUT2D eigenvalue weighted by Gasteiger charge is -2.12. The molecule has 0 aliphatic heterocycles. The number of hydrogen-bond acceptors (Lipinski definition) is 0. The molecule has 0 aromatic rings. The molecule has 0 spiro atoms.